The molecule has 0 saturated heterocycles. The van der Waals surface area contributed by atoms with Gasteiger partial charge in [-0.05, 0) is 185 Å². The Hall–Kier alpha value is -13.8. The molecule has 4 aromatic carbocycles. The molecule has 0 radical (unpaired) electrons. The zero-order valence-corrected chi connectivity index (χ0v) is 79.6. The van der Waals surface area contributed by atoms with E-state index < -0.39 is 11.6 Å². The summed E-state index contributed by atoms with van der Waals surface area (Å²) >= 11 is 12.3. The minimum atomic E-state index is -1.07. The molecule has 0 saturated carbocycles. The zero-order chi connectivity index (χ0) is 95.5. The van der Waals surface area contributed by atoms with E-state index in [0.717, 1.165) is 141 Å². The molecule has 16 rings (SSSR count). The van der Waals surface area contributed by atoms with Crippen LogP contribution in [0.1, 0.15) is 209 Å². The van der Waals surface area contributed by atoms with Gasteiger partial charge in [-0.25, -0.2) is 57.6 Å². The van der Waals surface area contributed by atoms with E-state index in [1.54, 1.807) is 66.1 Å². The second-order valence-electron chi connectivity index (χ2n) is 33.7. The van der Waals surface area contributed by atoms with Crippen molar-refractivity contribution in [3.05, 3.63) is 288 Å². The molecule has 0 unspecified atom stereocenters. The van der Waals surface area contributed by atoms with E-state index in [1.807, 2.05) is 223 Å². The maximum Gasteiger partial charge on any atom is 0.410 e. The summed E-state index contributed by atoms with van der Waals surface area (Å²) in [7, 11) is 0. The summed E-state index contributed by atoms with van der Waals surface area (Å²) in [5, 5.41) is 33.8. The van der Waals surface area contributed by atoms with E-state index in [0.29, 0.717) is 88.4 Å². The number of ether oxygens (including phenoxy) is 1. The number of carbonyl (C=O) groups is 5. The Labute approximate surface area is 806 Å². The molecule has 4 atom stereocenters. The minimum absolute atomic E-state index is 0. The SMILES string of the molecule is C.C.CCC[C@@H](C)CN.CCN(C(=O)OC(C)(C)C)[C@@H](C)CCC(=O)c1cc(Cl)nc(-c2cnn3ccc(-c4ccccc4)nc23)c1.CCN[C@@H](C)CCC(=O)c1cc(CC)nc(-c2cnn3ccc(-c4ccccc4)nc23)c1.CCN[C@@H](C)CCC(=O)c1cc(CC)nc(-c2cnn3ccc(-c4ccccc4)nc23)c1.O=C(O)c1cc(Cl)nc(-c2cnn3ccc(-c4ccccc4)nc23)c1. The van der Waals surface area contributed by atoms with Crippen LogP contribution in [0.4, 0.5) is 4.79 Å². The maximum absolute atomic E-state index is 13.2. The number of aryl methyl sites for hydroxylation is 2. The summed E-state index contributed by atoms with van der Waals surface area (Å²) in [6.07, 6.45) is 21.3. The molecule has 708 valence electrons. The number of ketones is 3. The fourth-order valence-corrected chi connectivity index (χ4v) is 15.5. The number of aromatic nitrogens is 16. The first-order chi connectivity index (χ1) is 64.6. The molecule has 0 spiro atoms. The van der Waals surface area contributed by atoms with E-state index in [1.165, 1.54) is 25.0 Å². The number of hydrogen-bond acceptors (Lipinski definition) is 21. The molecule has 12 aromatic heterocycles. The van der Waals surface area contributed by atoms with Crippen LogP contribution in [0.15, 0.2) is 244 Å². The number of rotatable bonds is 32. The summed E-state index contributed by atoms with van der Waals surface area (Å²) < 4.78 is 12.3. The minimum Gasteiger partial charge on any atom is -0.478 e. The van der Waals surface area contributed by atoms with Crippen molar-refractivity contribution in [1.82, 2.24) is 93.9 Å². The van der Waals surface area contributed by atoms with Gasteiger partial charge in [-0.3, -0.25) is 24.4 Å². The Bertz CT molecular complexity index is 6470. The van der Waals surface area contributed by atoms with Gasteiger partial charge in [0.05, 0.1) is 98.2 Å². The van der Waals surface area contributed by atoms with Crippen LogP contribution in [-0.4, -0.2) is 168 Å². The molecule has 5 N–H and O–H groups in total. The number of fused-ring (bicyclic) bond motifs is 4. The van der Waals surface area contributed by atoms with Gasteiger partial charge >= 0.3 is 12.1 Å². The standard InChI is InChI=1S/C29H32ClN5O3.2C26H29N5O.C18H11ClN4O2.C6H15N.2CH4/c1-6-34(28(37)38-29(3,4)5)19(2)12-13-25(36)21-16-24(32-26(30)17-21)22-18-31-35-15-14-23(33-27(22)35)20-10-8-7-9-11-20;2*1-4-21-15-20(25(32)12-11-18(3)27-5-2)16-24(29-21)22-17-28-31-14-13-23(30-26(22)31)19-9-7-6-8-10-19;19-16-9-12(18(24)25)8-15(21-16)13-10-20-23-7-6-14(22-17(13)23)11-4-2-1-3-5-11;1-3-4-6(2)5-7;;/h7-11,14-19H,6,12-13H2,1-5H3;2*6-10,13-18,27H,4-5,11-12H2,1-3H3;1-10H,(H,24,25);6H,3-5,7H2,1-2H3;2*1H4/t19-;2*18-;;6-;;/m000.1../s1. The lowest BCUT2D eigenvalue weighted by Gasteiger charge is -2.30. The Morgan fingerprint density at radius 3 is 1.01 bits per heavy atom. The molecule has 136 heavy (non-hydrogen) atoms. The van der Waals surface area contributed by atoms with Crippen molar-refractivity contribution >= 4 is 75.2 Å². The van der Waals surface area contributed by atoms with E-state index in [-0.39, 0.29) is 66.6 Å². The predicted octanol–water partition coefficient (Wildman–Crippen LogP) is 23.1. The predicted molar refractivity (Wildman–Crippen MR) is 544 cm³/mol. The summed E-state index contributed by atoms with van der Waals surface area (Å²) in [6, 6.07) is 61.5. The summed E-state index contributed by atoms with van der Waals surface area (Å²) in [5.41, 5.74) is 23.9. The fourth-order valence-electron chi connectivity index (χ4n) is 15.0. The van der Waals surface area contributed by atoms with Gasteiger partial charge in [0.2, 0.25) is 0 Å². The Balaban J connectivity index is 0.000000183. The highest BCUT2D eigenvalue weighted by Crippen LogP contribution is 2.34. The van der Waals surface area contributed by atoms with Crippen LogP contribution in [0.25, 0.3) is 113 Å². The quantitative estimate of drug-likeness (QED) is 0.0225. The van der Waals surface area contributed by atoms with Crippen molar-refractivity contribution in [1.29, 1.82) is 0 Å². The van der Waals surface area contributed by atoms with Crippen LogP contribution in [0.3, 0.4) is 0 Å². The summed E-state index contributed by atoms with van der Waals surface area (Å²) in [6.45, 7) is 29.3. The molecule has 0 aliphatic rings. The van der Waals surface area contributed by atoms with Crippen molar-refractivity contribution in [2.24, 2.45) is 11.7 Å². The average molecular weight is 1870 g/mol. The molecule has 27 nitrogen and oxygen atoms in total. The number of carboxylic acids is 1. The summed E-state index contributed by atoms with van der Waals surface area (Å²) in [4.78, 5) is 102. The van der Waals surface area contributed by atoms with Crippen LogP contribution in [0.5, 0.6) is 0 Å². The highest BCUT2D eigenvalue weighted by atomic mass is 35.5. The average Bonchev–Trinajstić information content (AvgIpc) is 1.55. The number of amides is 1. The van der Waals surface area contributed by atoms with Crippen LogP contribution in [0, 0.1) is 5.92 Å². The molecule has 0 fully saturated rings. The molecule has 16 aromatic rings. The van der Waals surface area contributed by atoms with E-state index in [2.05, 4.69) is 101 Å². The molecule has 0 aliphatic heterocycles. The molecule has 0 aliphatic carbocycles. The van der Waals surface area contributed by atoms with E-state index in [9.17, 15) is 29.1 Å². The van der Waals surface area contributed by atoms with Crippen LogP contribution < -0.4 is 16.4 Å². The Kier molecular flexibility index (Phi) is 38.3. The van der Waals surface area contributed by atoms with Gasteiger partial charge in [-0.15, -0.1) is 0 Å². The number of nitrogens with zero attached hydrogens (tertiary/aromatic N) is 17. The maximum atomic E-state index is 13.2. The first-order valence-electron chi connectivity index (χ1n) is 45.6. The number of nitrogens with one attached hydrogen (secondary N) is 2. The lowest BCUT2D eigenvalue weighted by molar-refractivity contribution is 0.0178. The van der Waals surface area contributed by atoms with Crippen molar-refractivity contribution in [2.75, 3.05) is 26.2 Å². The van der Waals surface area contributed by atoms with Gasteiger partial charge in [0.1, 0.15) is 15.9 Å². The van der Waals surface area contributed by atoms with Gasteiger partial charge in [0.25, 0.3) is 0 Å². The normalized spacial score (nSPS) is 11.9. The number of halogens is 2. The number of Topliss-reactive ketones (excluding diaryl/α,β-unsaturated/α-hetero) is 3. The number of carboxylic acid groups (broad SMARTS) is 1. The lowest BCUT2D eigenvalue weighted by Crippen LogP contribution is -2.42. The molecule has 1 amide bonds. The van der Waals surface area contributed by atoms with E-state index in [4.69, 9.17) is 58.6 Å². The number of benzene rings is 4. The Morgan fingerprint density at radius 1 is 0.412 bits per heavy atom. The van der Waals surface area contributed by atoms with Gasteiger partial charge in [-0.1, -0.05) is 207 Å². The van der Waals surface area contributed by atoms with Crippen LogP contribution in [-0.2, 0) is 17.6 Å². The number of carbonyl (C=O) groups excluding carboxylic acids is 4. The smallest absolute Gasteiger partial charge is 0.410 e. The van der Waals surface area contributed by atoms with Crippen molar-refractivity contribution in [3.8, 4) is 90.1 Å². The molecular formula is C107H124Cl2N20O7. The van der Waals surface area contributed by atoms with Gasteiger partial charge < -0.3 is 31.1 Å². The largest absolute Gasteiger partial charge is 0.478 e. The highest BCUT2D eigenvalue weighted by Gasteiger charge is 2.28. The second kappa shape index (κ2) is 49.9. The first-order valence-corrected chi connectivity index (χ1v) is 46.4. The van der Waals surface area contributed by atoms with Gasteiger partial charge in [0, 0.05) is 119 Å². The number of pyridine rings is 4. The molecule has 29 heteroatoms. The van der Waals surface area contributed by atoms with Crippen molar-refractivity contribution in [2.45, 2.75) is 193 Å². The first kappa shape index (κ1) is 104. The monoisotopic (exact) mass is 1870 g/mol. The van der Waals surface area contributed by atoms with Gasteiger partial charge in [-0.2, -0.15) is 20.4 Å². The molecule has 0 bridgehead atoms. The highest BCUT2D eigenvalue weighted by molar-refractivity contribution is 6.30. The van der Waals surface area contributed by atoms with Crippen LogP contribution in [0.2, 0.25) is 10.3 Å². The molecule has 12 heterocycles. The Morgan fingerprint density at radius 2 is 0.721 bits per heavy atom. The molecular weight excluding hydrogens is 1750 g/mol. The topological polar surface area (TPSA) is 340 Å². The van der Waals surface area contributed by atoms with Crippen molar-refractivity contribution < 1.29 is 33.8 Å². The zero-order valence-electron chi connectivity index (χ0n) is 78.1. The third kappa shape index (κ3) is 27.9. The third-order valence-corrected chi connectivity index (χ3v) is 22.7. The van der Waals surface area contributed by atoms with Gasteiger partial charge in [0.15, 0.2) is 39.9 Å². The number of nitrogens with two attached hydrogens (primary N) is 1. The number of hydrogen-bond donors (Lipinski definition) is 4. The lowest BCUT2D eigenvalue weighted by atomic mass is 10.0. The van der Waals surface area contributed by atoms with Crippen molar-refractivity contribution in [3.63, 3.8) is 0 Å². The third-order valence-electron chi connectivity index (χ3n) is 22.3. The van der Waals surface area contributed by atoms with Crippen LogP contribution >= 0.6 is 23.2 Å². The fraction of sp³-hybridized carbons (Fsp3) is 0.318. The summed E-state index contributed by atoms with van der Waals surface area (Å²) in [5.74, 6) is -0.146. The number of aromatic carboxylic acids is 1. The van der Waals surface area contributed by atoms with E-state index >= 15 is 0 Å². The second-order valence-corrected chi connectivity index (χ2v) is 34.4.